The number of hydrogen-bond donors (Lipinski definition) is 0. The molecule has 1 aliphatic heterocycles. The molecule has 34 heavy (non-hydrogen) atoms. The van der Waals surface area contributed by atoms with Crippen molar-refractivity contribution in [1.29, 1.82) is 0 Å². The molecule has 6 rings (SSSR count). The van der Waals surface area contributed by atoms with E-state index in [9.17, 15) is 18.0 Å². The molecule has 3 aromatic heterocycles. The first-order valence-electron chi connectivity index (χ1n) is 11.6. The van der Waals surface area contributed by atoms with Crippen molar-refractivity contribution in [3.05, 3.63) is 51.6 Å². The summed E-state index contributed by atoms with van der Waals surface area (Å²) in [5.41, 5.74) is 2.52. The van der Waals surface area contributed by atoms with Crippen LogP contribution in [0.1, 0.15) is 39.5 Å². The van der Waals surface area contributed by atoms with E-state index in [4.69, 9.17) is 0 Å². The van der Waals surface area contributed by atoms with E-state index in [-0.39, 0.29) is 5.91 Å². The Hall–Kier alpha value is -2.72. The number of fused-ring (bicyclic) bond motifs is 3. The summed E-state index contributed by atoms with van der Waals surface area (Å²) in [6.45, 7) is 4.18. The number of rotatable bonds is 4. The van der Waals surface area contributed by atoms with Gasteiger partial charge < -0.3 is 4.90 Å². The van der Waals surface area contributed by atoms with E-state index in [1.807, 2.05) is 16.3 Å². The molecule has 0 N–H and O–H groups in total. The summed E-state index contributed by atoms with van der Waals surface area (Å²) in [4.78, 5) is 22.7. The third-order valence-electron chi connectivity index (χ3n) is 6.94. The van der Waals surface area contributed by atoms with E-state index < -0.39 is 11.9 Å². The zero-order valence-corrected chi connectivity index (χ0v) is 19.3. The number of halogens is 3. The summed E-state index contributed by atoms with van der Waals surface area (Å²) < 4.78 is 40.7. The Morgan fingerprint density at radius 3 is 2.56 bits per heavy atom. The van der Waals surface area contributed by atoms with Crippen LogP contribution in [-0.2, 0) is 19.0 Å². The van der Waals surface area contributed by atoms with Crippen LogP contribution in [0.3, 0.4) is 0 Å². The molecule has 0 aromatic carbocycles. The lowest BCUT2D eigenvalue weighted by Crippen LogP contribution is -2.49. The first kappa shape index (κ1) is 21.8. The average molecular weight is 488 g/mol. The second-order valence-corrected chi connectivity index (χ2v) is 10.3. The Morgan fingerprint density at radius 1 is 1.09 bits per heavy atom. The number of hydrogen-bond acceptors (Lipinski definition) is 5. The monoisotopic (exact) mass is 487 g/mol. The summed E-state index contributed by atoms with van der Waals surface area (Å²) in [7, 11) is 0. The van der Waals surface area contributed by atoms with Gasteiger partial charge in [-0.25, -0.2) is 9.67 Å². The maximum absolute atomic E-state index is 13.6. The van der Waals surface area contributed by atoms with Crippen molar-refractivity contribution >= 4 is 17.2 Å². The Kier molecular flexibility index (Phi) is 5.25. The Balaban J connectivity index is 1.34. The lowest BCUT2D eigenvalue weighted by Gasteiger charge is -2.34. The van der Waals surface area contributed by atoms with E-state index in [0.29, 0.717) is 30.9 Å². The number of aryl methyl sites for hydroxylation is 1. The Labute approximate surface area is 199 Å². The van der Waals surface area contributed by atoms with Crippen LogP contribution in [0.25, 0.3) is 16.9 Å². The number of aromatic nitrogens is 3. The predicted molar refractivity (Wildman–Crippen MR) is 122 cm³/mol. The van der Waals surface area contributed by atoms with Crippen molar-refractivity contribution in [1.82, 2.24) is 24.6 Å². The lowest BCUT2D eigenvalue weighted by molar-refractivity contribution is -0.141. The highest BCUT2D eigenvalue weighted by Crippen LogP contribution is 2.40. The highest BCUT2D eigenvalue weighted by Gasteiger charge is 2.35. The third-order valence-corrected chi connectivity index (χ3v) is 7.93. The van der Waals surface area contributed by atoms with Crippen LogP contribution in [0.2, 0.25) is 0 Å². The van der Waals surface area contributed by atoms with Gasteiger partial charge in [0.15, 0.2) is 5.69 Å². The standard InChI is InChI=1S/C24H24F3N5OS/c25-24(26,27)20-6-3-16(13-28-20)32-22-17-7-12-34-19(17)5-4-18(22)21(29-32)23(33)31-10-8-30(9-11-31)14-15-1-2-15/h3,6-7,12-13,15H,1-2,4-5,8-11,14H2. The highest BCUT2D eigenvalue weighted by atomic mass is 32.1. The number of thiophene rings is 1. The van der Waals surface area contributed by atoms with E-state index in [1.165, 1.54) is 30.0 Å². The van der Waals surface area contributed by atoms with Crippen molar-refractivity contribution in [2.75, 3.05) is 32.7 Å². The minimum Gasteiger partial charge on any atom is -0.335 e. The second kappa shape index (κ2) is 8.20. The number of amides is 1. The van der Waals surface area contributed by atoms with E-state index >= 15 is 0 Å². The van der Waals surface area contributed by atoms with Crippen LogP contribution in [0.5, 0.6) is 0 Å². The maximum atomic E-state index is 13.6. The average Bonchev–Trinajstić information content (AvgIpc) is 3.36. The first-order valence-corrected chi connectivity index (χ1v) is 12.5. The fourth-order valence-electron chi connectivity index (χ4n) is 4.93. The minimum absolute atomic E-state index is 0.0976. The number of pyridine rings is 1. The van der Waals surface area contributed by atoms with Crippen LogP contribution in [0, 0.1) is 5.92 Å². The number of nitrogens with zero attached hydrogens (tertiary/aromatic N) is 5. The first-order chi connectivity index (χ1) is 16.4. The van der Waals surface area contributed by atoms with Crippen molar-refractivity contribution in [3.63, 3.8) is 0 Å². The summed E-state index contributed by atoms with van der Waals surface area (Å²) >= 11 is 1.65. The SMILES string of the molecule is O=C(c1nn(-c2ccc(C(F)(F)F)nc2)c2c1CCc1sccc1-2)N1CCN(CC2CC2)CC1. The largest absolute Gasteiger partial charge is 0.433 e. The Bertz CT molecular complexity index is 1220. The van der Waals surface area contributed by atoms with Crippen molar-refractivity contribution in [2.24, 2.45) is 5.92 Å². The highest BCUT2D eigenvalue weighted by molar-refractivity contribution is 7.10. The molecule has 0 spiro atoms. The Morgan fingerprint density at radius 2 is 1.88 bits per heavy atom. The van der Waals surface area contributed by atoms with Crippen molar-refractivity contribution < 1.29 is 18.0 Å². The molecule has 0 unspecified atom stereocenters. The van der Waals surface area contributed by atoms with Gasteiger partial charge in [0, 0.05) is 48.7 Å². The van der Waals surface area contributed by atoms with Crippen molar-refractivity contribution in [2.45, 2.75) is 31.9 Å². The molecular formula is C24H24F3N5OS. The summed E-state index contributed by atoms with van der Waals surface area (Å²) in [5, 5.41) is 6.68. The van der Waals surface area contributed by atoms with Gasteiger partial charge in [0.25, 0.3) is 5.91 Å². The van der Waals surface area contributed by atoms with Crippen molar-refractivity contribution in [3.8, 4) is 16.9 Å². The van der Waals surface area contributed by atoms with Gasteiger partial charge in [-0.1, -0.05) is 0 Å². The quantitative estimate of drug-likeness (QED) is 0.551. The molecule has 0 bridgehead atoms. The van der Waals surface area contributed by atoms with Gasteiger partial charge in [0.2, 0.25) is 0 Å². The molecule has 2 aliphatic carbocycles. The van der Waals surface area contributed by atoms with Gasteiger partial charge in [-0.05, 0) is 55.2 Å². The molecular weight excluding hydrogens is 463 g/mol. The van der Waals surface area contributed by atoms with Crippen LogP contribution >= 0.6 is 11.3 Å². The smallest absolute Gasteiger partial charge is 0.335 e. The van der Waals surface area contributed by atoms with E-state index in [2.05, 4.69) is 15.0 Å². The van der Waals surface area contributed by atoms with Crippen LogP contribution in [0.4, 0.5) is 13.2 Å². The predicted octanol–water partition coefficient (Wildman–Crippen LogP) is 4.28. The normalized spacial score (nSPS) is 18.6. The lowest BCUT2D eigenvalue weighted by atomic mass is 9.94. The third kappa shape index (κ3) is 3.92. The van der Waals surface area contributed by atoms with Crippen LogP contribution < -0.4 is 0 Å². The zero-order chi connectivity index (χ0) is 23.4. The minimum atomic E-state index is -4.51. The maximum Gasteiger partial charge on any atom is 0.433 e. The molecule has 1 saturated heterocycles. The van der Waals surface area contributed by atoms with Crippen LogP contribution in [0.15, 0.2) is 29.8 Å². The van der Waals surface area contributed by atoms with Gasteiger partial charge >= 0.3 is 6.18 Å². The molecule has 3 aromatic rings. The van der Waals surface area contributed by atoms with Gasteiger partial charge in [-0.3, -0.25) is 9.69 Å². The van der Waals surface area contributed by atoms with Gasteiger partial charge in [0.1, 0.15) is 5.69 Å². The number of piperazine rings is 1. The molecule has 3 aliphatic rings. The molecule has 0 radical (unpaired) electrons. The fourth-order valence-corrected chi connectivity index (χ4v) is 5.81. The topological polar surface area (TPSA) is 54.3 Å². The van der Waals surface area contributed by atoms with Gasteiger partial charge in [-0.2, -0.15) is 18.3 Å². The molecule has 0 atom stereocenters. The van der Waals surface area contributed by atoms with Gasteiger partial charge in [0.05, 0.1) is 17.6 Å². The number of carbonyl (C=O) groups excluding carboxylic acids is 1. The van der Waals surface area contributed by atoms with Gasteiger partial charge in [-0.15, -0.1) is 11.3 Å². The molecule has 2 fully saturated rings. The molecule has 1 amide bonds. The zero-order valence-electron chi connectivity index (χ0n) is 18.5. The molecule has 6 nitrogen and oxygen atoms in total. The fraction of sp³-hybridized carbons (Fsp3) is 0.458. The van der Waals surface area contributed by atoms with E-state index in [0.717, 1.165) is 54.9 Å². The summed E-state index contributed by atoms with van der Waals surface area (Å²) in [6.07, 6.45) is 0.803. The van der Waals surface area contributed by atoms with Crippen LogP contribution in [-0.4, -0.2) is 63.2 Å². The number of carbonyl (C=O) groups is 1. The number of alkyl halides is 3. The molecule has 10 heteroatoms. The summed E-state index contributed by atoms with van der Waals surface area (Å²) in [5.74, 6) is 0.724. The second-order valence-electron chi connectivity index (χ2n) is 9.28. The van der Waals surface area contributed by atoms with E-state index in [1.54, 1.807) is 16.0 Å². The molecule has 4 heterocycles. The molecule has 178 valence electrons. The summed E-state index contributed by atoms with van der Waals surface area (Å²) in [6, 6.07) is 4.33. The molecule has 1 saturated carbocycles.